The number of benzene rings is 1. The maximum atomic E-state index is 12.2. The summed E-state index contributed by atoms with van der Waals surface area (Å²) in [6.07, 6.45) is 4.25. The number of primary sulfonamides is 1. The van der Waals surface area contributed by atoms with E-state index >= 15 is 0 Å². The Balaban J connectivity index is 2.16. The summed E-state index contributed by atoms with van der Waals surface area (Å²) in [4.78, 5) is 12.2. The van der Waals surface area contributed by atoms with Gasteiger partial charge < -0.3 is 11.1 Å². The van der Waals surface area contributed by atoms with Crippen LogP contribution in [0.15, 0.2) is 29.2 Å². The van der Waals surface area contributed by atoms with Gasteiger partial charge in [-0.05, 0) is 31.0 Å². The van der Waals surface area contributed by atoms with Crippen molar-refractivity contribution in [1.29, 1.82) is 0 Å². The zero-order valence-corrected chi connectivity index (χ0v) is 11.9. The van der Waals surface area contributed by atoms with Crippen molar-refractivity contribution >= 4 is 21.6 Å². The van der Waals surface area contributed by atoms with Crippen molar-refractivity contribution < 1.29 is 13.2 Å². The highest BCUT2D eigenvalue weighted by Crippen LogP contribution is 2.27. The van der Waals surface area contributed by atoms with E-state index < -0.39 is 15.6 Å². The summed E-state index contributed by atoms with van der Waals surface area (Å²) in [6, 6.07) is 5.85. The van der Waals surface area contributed by atoms with Crippen molar-refractivity contribution in [2.24, 2.45) is 10.9 Å². The minimum Gasteiger partial charge on any atom is -0.324 e. The van der Waals surface area contributed by atoms with Gasteiger partial charge in [-0.15, -0.1) is 0 Å². The van der Waals surface area contributed by atoms with Crippen molar-refractivity contribution in [1.82, 2.24) is 0 Å². The van der Waals surface area contributed by atoms with E-state index in [0.717, 1.165) is 19.3 Å². The van der Waals surface area contributed by atoms with E-state index in [1.165, 1.54) is 18.2 Å². The summed E-state index contributed by atoms with van der Waals surface area (Å²) >= 11 is 0. The number of nitrogens with two attached hydrogens (primary N) is 2. The Morgan fingerprint density at radius 3 is 2.45 bits per heavy atom. The molecular weight excluding hydrogens is 278 g/mol. The Hall–Kier alpha value is -1.44. The number of nitrogens with one attached hydrogen (secondary N) is 1. The van der Waals surface area contributed by atoms with Gasteiger partial charge in [-0.3, -0.25) is 4.79 Å². The van der Waals surface area contributed by atoms with Gasteiger partial charge in [0.15, 0.2) is 0 Å². The molecule has 5 N–H and O–H groups in total. The number of anilines is 1. The Morgan fingerprint density at radius 2 is 1.85 bits per heavy atom. The molecule has 2 rings (SSSR count). The molecule has 0 saturated heterocycles. The van der Waals surface area contributed by atoms with E-state index in [4.69, 9.17) is 10.9 Å². The molecule has 0 radical (unpaired) electrons. The second-order valence-electron chi connectivity index (χ2n) is 5.24. The smallest absolute Gasteiger partial charge is 0.244 e. The molecule has 20 heavy (non-hydrogen) atoms. The number of sulfonamides is 1. The van der Waals surface area contributed by atoms with Gasteiger partial charge in [0.05, 0.1) is 10.4 Å². The van der Waals surface area contributed by atoms with Crippen molar-refractivity contribution in [3.63, 3.8) is 0 Å². The Labute approximate surface area is 118 Å². The van der Waals surface area contributed by atoms with Crippen LogP contribution in [0.4, 0.5) is 5.69 Å². The lowest BCUT2D eigenvalue weighted by Gasteiger charge is -2.31. The van der Waals surface area contributed by atoms with Gasteiger partial charge >= 0.3 is 0 Å². The molecule has 0 spiro atoms. The summed E-state index contributed by atoms with van der Waals surface area (Å²) in [5.41, 5.74) is 5.64. The monoisotopic (exact) mass is 297 g/mol. The van der Waals surface area contributed by atoms with Crippen LogP contribution in [0.25, 0.3) is 0 Å². The fraction of sp³-hybridized carbons (Fsp3) is 0.462. The van der Waals surface area contributed by atoms with Crippen LogP contribution in [-0.2, 0) is 14.8 Å². The molecule has 6 nitrogen and oxygen atoms in total. The van der Waals surface area contributed by atoms with Crippen molar-refractivity contribution in [2.45, 2.75) is 42.5 Å². The number of carbonyl (C=O) groups is 1. The summed E-state index contributed by atoms with van der Waals surface area (Å²) in [5, 5.41) is 7.74. The van der Waals surface area contributed by atoms with Crippen LogP contribution in [0, 0.1) is 0 Å². The topological polar surface area (TPSA) is 115 Å². The molecule has 7 heteroatoms. The van der Waals surface area contributed by atoms with Gasteiger partial charge in [-0.2, -0.15) is 0 Å². The van der Waals surface area contributed by atoms with E-state index in [-0.39, 0.29) is 10.8 Å². The zero-order chi connectivity index (χ0) is 14.8. The summed E-state index contributed by atoms with van der Waals surface area (Å²) in [7, 11) is -3.78. The SMILES string of the molecule is NC1(C(=O)Nc2cccc(S(N)(=O)=O)c2)CCCCC1. The first-order valence-corrected chi connectivity index (χ1v) is 8.09. The quantitative estimate of drug-likeness (QED) is 0.769. The van der Waals surface area contributed by atoms with Crippen molar-refractivity contribution in [2.75, 3.05) is 5.32 Å². The fourth-order valence-electron chi connectivity index (χ4n) is 2.42. The third-order valence-corrected chi connectivity index (χ3v) is 4.53. The van der Waals surface area contributed by atoms with Gasteiger partial charge in [0.25, 0.3) is 0 Å². The number of hydrogen-bond donors (Lipinski definition) is 3. The fourth-order valence-corrected chi connectivity index (χ4v) is 2.98. The molecule has 110 valence electrons. The van der Waals surface area contributed by atoms with E-state index in [2.05, 4.69) is 5.32 Å². The molecule has 0 unspecified atom stereocenters. The van der Waals surface area contributed by atoms with Crippen LogP contribution >= 0.6 is 0 Å². The number of hydrogen-bond acceptors (Lipinski definition) is 4. The summed E-state index contributed by atoms with van der Waals surface area (Å²) in [6.45, 7) is 0. The number of rotatable bonds is 3. The number of carbonyl (C=O) groups excluding carboxylic acids is 1. The average Bonchev–Trinajstić information content (AvgIpc) is 2.39. The molecule has 1 aromatic rings. The van der Waals surface area contributed by atoms with Gasteiger partial charge in [0.2, 0.25) is 15.9 Å². The molecule has 0 bridgehead atoms. The van der Waals surface area contributed by atoms with Crippen LogP contribution < -0.4 is 16.2 Å². The molecule has 1 amide bonds. The van der Waals surface area contributed by atoms with Crippen LogP contribution in [0.1, 0.15) is 32.1 Å². The molecule has 1 fully saturated rings. The van der Waals surface area contributed by atoms with Gasteiger partial charge in [-0.1, -0.05) is 25.3 Å². The normalized spacial score (nSPS) is 18.5. The third kappa shape index (κ3) is 3.36. The maximum absolute atomic E-state index is 12.2. The molecule has 1 aromatic carbocycles. The first kappa shape index (κ1) is 15.0. The maximum Gasteiger partial charge on any atom is 0.244 e. The number of amides is 1. The van der Waals surface area contributed by atoms with Crippen molar-refractivity contribution in [3.8, 4) is 0 Å². The Morgan fingerprint density at radius 1 is 1.20 bits per heavy atom. The van der Waals surface area contributed by atoms with E-state index in [9.17, 15) is 13.2 Å². The third-order valence-electron chi connectivity index (χ3n) is 3.62. The van der Waals surface area contributed by atoms with Gasteiger partial charge in [0, 0.05) is 5.69 Å². The highest BCUT2D eigenvalue weighted by atomic mass is 32.2. The highest BCUT2D eigenvalue weighted by molar-refractivity contribution is 7.89. The van der Waals surface area contributed by atoms with E-state index in [1.807, 2.05) is 0 Å². The summed E-state index contributed by atoms with van der Waals surface area (Å²) < 4.78 is 22.6. The van der Waals surface area contributed by atoms with Crippen molar-refractivity contribution in [3.05, 3.63) is 24.3 Å². The molecular formula is C13H19N3O3S. The predicted molar refractivity (Wildman–Crippen MR) is 76.4 cm³/mol. The second-order valence-corrected chi connectivity index (χ2v) is 6.81. The molecule has 0 heterocycles. The van der Waals surface area contributed by atoms with E-state index in [1.54, 1.807) is 6.07 Å². The first-order valence-electron chi connectivity index (χ1n) is 6.54. The lowest BCUT2D eigenvalue weighted by atomic mass is 9.82. The second kappa shape index (κ2) is 5.51. The Kier molecular flexibility index (Phi) is 4.12. The van der Waals surface area contributed by atoms with Crippen LogP contribution in [0.2, 0.25) is 0 Å². The minimum atomic E-state index is -3.78. The van der Waals surface area contributed by atoms with E-state index in [0.29, 0.717) is 18.5 Å². The molecule has 0 atom stereocenters. The lowest BCUT2D eigenvalue weighted by Crippen LogP contribution is -2.52. The molecule has 0 aromatic heterocycles. The Bertz CT molecular complexity index is 607. The summed E-state index contributed by atoms with van der Waals surface area (Å²) in [5.74, 6) is -0.274. The standard InChI is InChI=1S/C13H19N3O3S/c14-13(7-2-1-3-8-13)12(17)16-10-5-4-6-11(9-10)20(15,18)19/h4-6,9H,1-3,7-8,14H2,(H,16,17)(H2,15,18,19). The average molecular weight is 297 g/mol. The van der Waals surface area contributed by atoms with Gasteiger partial charge in [0.1, 0.15) is 0 Å². The molecule has 1 saturated carbocycles. The van der Waals surface area contributed by atoms with Crippen LogP contribution in [0.5, 0.6) is 0 Å². The molecule has 1 aliphatic rings. The first-order chi connectivity index (χ1) is 9.31. The van der Waals surface area contributed by atoms with Crippen LogP contribution in [0.3, 0.4) is 0 Å². The highest BCUT2D eigenvalue weighted by Gasteiger charge is 2.35. The zero-order valence-electron chi connectivity index (χ0n) is 11.1. The lowest BCUT2D eigenvalue weighted by molar-refractivity contribution is -0.122. The molecule has 1 aliphatic carbocycles. The minimum absolute atomic E-state index is 0.0370. The van der Waals surface area contributed by atoms with Gasteiger partial charge in [-0.25, -0.2) is 13.6 Å². The van der Waals surface area contributed by atoms with Crippen LogP contribution in [-0.4, -0.2) is 19.9 Å². The largest absolute Gasteiger partial charge is 0.324 e. The predicted octanol–water partition coefficient (Wildman–Crippen LogP) is 0.934. The molecule has 0 aliphatic heterocycles.